The molecule has 2 rings (SSSR count). The number of hydrogen-bond donors (Lipinski definition) is 2. The summed E-state index contributed by atoms with van der Waals surface area (Å²) in [5.41, 5.74) is 0.788. The normalized spacial score (nSPS) is 17.7. The lowest BCUT2D eigenvalue weighted by atomic mass is 10.0. The molecule has 1 fully saturated rings. The van der Waals surface area contributed by atoms with E-state index in [1.807, 2.05) is 0 Å². The molecule has 0 spiro atoms. The predicted molar refractivity (Wildman–Crippen MR) is 69.7 cm³/mol. The van der Waals surface area contributed by atoms with Gasteiger partial charge in [0.1, 0.15) is 0 Å². The lowest BCUT2D eigenvalue weighted by Gasteiger charge is -2.23. The van der Waals surface area contributed by atoms with Crippen LogP contribution in [0.2, 0.25) is 0 Å². The lowest BCUT2D eigenvalue weighted by Crippen LogP contribution is -2.33. The maximum atomic E-state index is 10.8. The van der Waals surface area contributed by atoms with E-state index in [9.17, 15) is 15.2 Å². The van der Waals surface area contributed by atoms with Crippen LogP contribution in [0.15, 0.2) is 18.2 Å². The molecule has 1 aliphatic rings. The van der Waals surface area contributed by atoms with Crippen molar-refractivity contribution in [1.82, 2.24) is 0 Å². The monoisotopic (exact) mass is 250 g/mol. The first-order chi connectivity index (χ1) is 8.50. The molecule has 0 amide bonds. The van der Waals surface area contributed by atoms with E-state index >= 15 is 0 Å². The van der Waals surface area contributed by atoms with E-state index in [1.54, 1.807) is 19.1 Å². The fourth-order valence-electron chi connectivity index (χ4n) is 2.39. The van der Waals surface area contributed by atoms with Crippen LogP contribution in [0.1, 0.15) is 31.2 Å². The molecule has 2 N–H and O–H groups in total. The minimum Gasteiger partial charge on any atom is -0.388 e. The molecular weight excluding hydrogens is 232 g/mol. The standard InChI is InChI=1S/C13H18N2O3/c1-10-4-5-11(8-12(10)15(17)18)14-9-13(16)6-2-3-7-13/h4-5,8,14,16H,2-3,6-7,9H2,1H3. The van der Waals surface area contributed by atoms with Gasteiger partial charge in [-0.05, 0) is 25.8 Å². The van der Waals surface area contributed by atoms with Crippen molar-refractivity contribution in [3.05, 3.63) is 33.9 Å². The average Bonchev–Trinajstić information content (AvgIpc) is 2.75. The van der Waals surface area contributed by atoms with Crippen molar-refractivity contribution in [3.8, 4) is 0 Å². The topological polar surface area (TPSA) is 75.4 Å². The quantitative estimate of drug-likeness (QED) is 0.636. The van der Waals surface area contributed by atoms with Gasteiger partial charge in [0.25, 0.3) is 5.69 Å². The summed E-state index contributed by atoms with van der Waals surface area (Å²) in [4.78, 5) is 10.4. The smallest absolute Gasteiger partial charge is 0.274 e. The Morgan fingerprint density at radius 1 is 1.44 bits per heavy atom. The minimum absolute atomic E-state index is 0.110. The first-order valence-electron chi connectivity index (χ1n) is 6.21. The van der Waals surface area contributed by atoms with E-state index in [4.69, 9.17) is 0 Å². The molecule has 0 unspecified atom stereocenters. The number of benzene rings is 1. The molecule has 5 heteroatoms. The van der Waals surface area contributed by atoms with Gasteiger partial charge in [0.05, 0.1) is 10.5 Å². The molecule has 0 heterocycles. The highest BCUT2D eigenvalue weighted by Crippen LogP contribution is 2.30. The van der Waals surface area contributed by atoms with Crippen molar-refractivity contribution in [2.24, 2.45) is 0 Å². The first-order valence-corrected chi connectivity index (χ1v) is 6.21. The Hall–Kier alpha value is -1.62. The second kappa shape index (κ2) is 4.94. The van der Waals surface area contributed by atoms with Gasteiger partial charge in [-0.25, -0.2) is 0 Å². The minimum atomic E-state index is -0.653. The van der Waals surface area contributed by atoms with Gasteiger partial charge in [-0.2, -0.15) is 0 Å². The zero-order valence-corrected chi connectivity index (χ0v) is 10.5. The van der Waals surface area contributed by atoms with E-state index in [0.717, 1.165) is 25.7 Å². The fourth-order valence-corrected chi connectivity index (χ4v) is 2.39. The highest BCUT2D eigenvalue weighted by atomic mass is 16.6. The first kappa shape index (κ1) is 12.8. The van der Waals surface area contributed by atoms with Gasteiger partial charge in [0.2, 0.25) is 0 Å². The summed E-state index contributed by atoms with van der Waals surface area (Å²) in [7, 11) is 0. The maximum Gasteiger partial charge on any atom is 0.274 e. The predicted octanol–water partition coefficient (Wildman–Crippen LogP) is 2.62. The molecule has 0 saturated heterocycles. The number of nitrogens with zero attached hydrogens (tertiary/aromatic N) is 1. The molecule has 1 saturated carbocycles. The summed E-state index contributed by atoms with van der Waals surface area (Å²) in [5.74, 6) is 0. The number of nitrogens with one attached hydrogen (secondary N) is 1. The second-order valence-corrected chi connectivity index (χ2v) is 5.04. The highest BCUT2D eigenvalue weighted by molar-refractivity contribution is 5.55. The number of hydrogen-bond acceptors (Lipinski definition) is 4. The largest absolute Gasteiger partial charge is 0.388 e. The molecule has 5 nitrogen and oxygen atoms in total. The number of nitro benzene ring substituents is 1. The SMILES string of the molecule is Cc1ccc(NCC2(O)CCCC2)cc1[N+](=O)[O-]. The molecular formula is C13H18N2O3. The van der Waals surface area contributed by atoms with Gasteiger partial charge in [-0.1, -0.05) is 18.9 Å². The van der Waals surface area contributed by atoms with Gasteiger partial charge in [-0.15, -0.1) is 0 Å². The molecule has 18 heavy (non-hydrogen) atoms. The molecule has 0 radical (unpaired) electrons. The zero-order valence-electron chi connectivity index (χ0n) is 10.5. The van der Waals surface area contributed by atoms with E-state index in [-0.39, 0.29) is 10.6 Å². The van der Waals surface area contributed by atoms with Crippen LogP contribution in [0, 0.1) is 17.0 Å². The summed E-state index contributed by atoms with van der Waals surface area (Å²) in [5, 5.41) is 24.1. The highest BCUT2D eigenvalue weighted by Gasteiger charge is 2.30. The number of anilines is 1. The molecule has 0 aromatic heterocycles. The summed E-state index contributed by atoms with van der Waals surface area (Å²) >= 11 is 0. The summed E-state index contributed by atoms with van der Waals surface area (Å²) in [6, 6.07) is 5.05. The van der Waals surface area contributed by atoms with Crippen molar-refractivity contribution in [1.29, 1.82) is 0 Å². The van der Waals surface area contributed by atoms with Crippen LogP contribution in [0.3, 0.4) is 0 Å². The van der Waals surface area contributed by atoms with Crippen molar-refractivity contribution >= 4 is 11.4 Å². The van der Waals surface area contributed by atoms with Crippen molar-refractivity contribution < 1.29 is 10.0 Å². The van der Waals surface area contributed by atoms with Crippen LogP contribution in [0.4, 0.5) is 11.4 Å². The number of nitro groups is 1. The number of rotatable bonds is 4. The molecule has 1 aromatic rings. The van der Waals surface area contributed by atoms with E-state index in [2.05, 4.69) is 5.32 Å². The van der Waals surface area contributed by atoms with Gasteiger partial charge in [-0.3, -0.25) is 10.1 Å². The van der Waals surface area contributed by atoms with Gasteiger partial charge >= 0.3 is 0 Å². The van der Waals surface area contributed by atoms with Crippen molar-refractivity contribution in [2.75, 3.05) is 11.9 Å². The van der Waals surface area contributed by atoms with E-state index < -0.39 is 5.60 Å². The Bertz CT molecular complexity index is 454. The van der Waals surface area contributed by atoms with Crippen LogP contribution in [0.25, 0.3) is 0 Å². The Balaban J connectivity index is 2.05. The van der Waals surface area contributed by atoms with Crippen LogP contribution in [-0.4, -0.2) is 22.2 Å². The van der Waals surface area contributed by atoms with Crippen LogP contribution < -0.4 is 5.32 Å². The summed E-state index contributed by atoms with van der Waals surface area (Å²) < 4.78 is 0. The summed E-state index contributed by atoms with van der Waals surface area (Å²) in [6.45, 7) is 2.17. The molecule has 1 aromatic carbocycles. The molecule has 1 aliphatic carbocycles. The fraction of sp³-hybridized carbons (Fsp3) is 0.538. The van der Waals surface area contributed by atoms with E-state index in [0.29, 0.717) is 17.8 Å². The van der Waals surface area contributed by atoms with Crippen LogP contribution in [-0.2, 0) is 0 Å². The molecule has 98 valence electrons. The Labute approximate surface area is 106 Å². The Morgan fingerprint density at radius 3 is 2.72 bits per heavy atom. The van der Waals surface area contributed by atoms with Gasteiger partial charge in [0, 0.05) is 23.9 Å². The second-order valence-electron chi connectivity index (χ2n) is 5.04. The van der Waals surface area contributed by atoms with Gasteiger partial charge in [0.15, 0.2) is 0 Å². The van der Waals surface area contributed by atoms with Gasteiger partial charge < -0.3 is 10.4 Å². The zero-order chi connectivity index (χ0) is 13.2. The number of aryl methyl sites for hydroxylation is 1. The number of aliphatic hydroxyl groups is 1. The third-order valence-corrected chi connectivity index (χ3v) is 3.56. The maximum absolute atomic E-state index is 10.8. The Kier molecular flexibility index (Phi) is 3.52. The van der Waals surface area contributed by atoms with Crippen LogP contribution in [0.5, 0.6) is 0 Å². The molecule has 0 bridgehead atoms. The van der Waals surface area contributed by atoms with Crippen molar-refractivity contribution in [2.45, 2.75) is 38.2 Å². The Morgan fingerprint density at radius 2 is 2.11 bits per heavy atom. The average molecular weight is 250 g/mol. The van der Waals surface area contributed by atoms with E-state index in [1.165, 1.54) is 6.07 Å². The summed E-state index contributed by atoms with van der Waals surface area (Å²) in [6.07, 6.45) is 3.69. The lowest BCUT2D eigenvalue weighted by molar-refractivity contribution is -0.385. The van der Waals surface area contributed by atoms with Crippen LogP contribution >= 0.6 is 0 Å². The molecule has 0 atom stereocenters. The van der Waals surface area contributed by atoms with Crippen molar-refractivity contribution in [3.63, 3.8) is 0 Å². The third-order valence-electron chi connectivity index (χ3n) is 3.56. The third kappa shape index (κ3) is 2.79. The molecule has 0 aliphatic heterocycles.